The summed E-state index contributed by atoms with van der Waals surface area (Å²) in [5, 5.41) is 1.10. The Bertz CT molecular complexity index is 798. The van der Waals surface area contributed by atoms with Gasteiger partial charge in [0.25, 0.3) is 0 Å². The quantitative estimate of drug-likeness (QED) is 0.802. The van der Waals surface area contributed by atoms with Gasteiger partial charge in [-0.1, -0.05) is 30.3 Å². The molecule has 5 heteroatoms. The molecule has 0 amide bonds. The molecule has 3 aromatic rings. The van der Waals surface area contributed by atoms with Crippen LogP contribution in [0.2, 0.25) is 0 Å². The molecule has 1 fully saturated rings. The van der Waals surface area contributed by atoms with Crippen molar-refractivity contribution in [1.29, 1.82) is 0 Å². The largest absolute Gasteiger partial charge is 0.355 e. The average molecular weight is 321 g/mol. The second kappa shape index (κ2) is 6.61. The zero-order valence-corrected chi connectivity index (χ0v) is 14.0. The number of likely N-dealkylation sites (tertiary alicyclic amines) is 1. The van der Waals surface area contributed by atoms with Crippen molar-refractivity contribution in [3.8, 4) is 0 Å². The van der Waals surface area contributed by atoms with E-state index in [2.05, 4.69) is 68.2 Å². The summed E-state index contributed by atoms with van der Waals surface area (Å²) in [6.07, 6.45) is 6.01. The zero-order chi connectivity index (χ0) is 16.4. The molecule has 1 aromatic carbocycles. The molecule has 1 aliphatic rings. The van der Waals surface area contributed by atoms with E-state index in [9.17, 15) is 0 Å². The number of nitrogens with zero attached hydrogens (tertiary/aromatic N) is 4. The Balaban J connectivity index is 1.50. The van der Waals surface area contributed by atoms with Gasteiger partial charge in [-0.15, -0.1) is 0 Å². The molecule has 1 N–H and O–H groups in total. The summed E-state index contributed by atoms with van der Waals surface area (Å²) in [7, 11) is 2.16. The number of hydrogen-bond donors (Lipinski definition) is 1. The van der Waals surface area contributed by atoms with Crippen LogP contribution in [0.25, 0.3) is 11.0 Å². The molecule has 124 valence electrons. The van der Waals surface area contributed by atoms with Crippen molar-refractivity contribution in [2.24, 2.45) is 0 Å². The van der Waals surface area contributed by atoms with Crippen LogP contribution in [-0.2, 0) is 6.54 Å². The fourth-order valence-corrected chi connectivity index (χ4v) is 3.65. The highest BCUT2D eigenvalue weighted by atomic mass is 15.3. The standard InChI is InChI=1S/C19H23N5/c1-23(19-17-9-10-20-18(17)21-14-22-19)16-8-5-11-24(13-16)12-15-6-3-2-4-7-15/h2-4,6-7,9-10,14,16H,5,8,11-13H2,1H3,(H,20,21,22)/t16-/m1/s1. The molecular formula is C19H23N5. The van der Waals surface area contributed by atoms with Crippen LogP contribution in [0.3, 0.4) is 0 Å². The van der Waals surface area contributed by atoms with Crippen LogP contribution in [0.1, 0.15) is 18.4 Å². The summed E-state index contributed by atoms with van der Waals surface area (Å²) in [5.41, 5.74) is 2.29. The fourth-order valence-electron chi connectivity index (χ4n) is 3.65. The van der Waals surface area contributed by atoms with Crippen LogP contribution in [-0.4, -0.2) is 46.0 Å². The van der Waals surface area contributed by atoms with E-state index >= 15 is 0 Å². The lowest BCUT2D eigenvalue weighted by Gasteiger charge is -2.38. The molecule has 5 nitrogen and oxygen atoms in total. The minimum Gasteiger partial charge on any atom is -0.355 e. The van der Waals surface area contributed by atoms with Crippen molar-refractivity contribution in [2.45, 2.75) is 25.4 Å². The van der Waals surface area contributed by atoms with E-state index in [0.29, 0.717) is 6.04 Å². The first kappa shape index (κ1) is 15.1. The first-order valence-electron chi connectivity index (χ1n) is 8.58. The number of likely N-dealkylation sites (N-methyl/N-ethyl adjacent to an activating group) is 1. The zero-order valence-electron chi connectivity index (χ0n) is 14.0. The number of anilines is 1. The number of hydrogen-bond acceptors (Lipinski definition) is 4. The Morgan fingerprint density at radius 2 is 2.08 bits per heavy atom. The monoisotopic (exact) mass is 321 g/mol. The highest BCUT2D eigenvalue weighted by molar-refractivity contribution is 5.87. The summed E-state index contributed by atoms with van der Waals surface area (Å²) in [4.78, 5) is 16.9. The molecule has 1 saturated heterocycles. The molecule has 2 aromatic heterocycles. The van der Waals surface area contributed by atoms with Crippen molar-refractivity contribution in [1.82, 2.24) is 19.9 Å². The van der Waals surface area contributed by atoms with E-state index in [1.165, 1.54) is 24.9 Å². The maximum absolute atomic E-state index is 4.54. The molecule has 1 aliphatic heterocycles. The third-order valence-electron chi connectivity index (χ3n) is 4.94. The predicted octanol–water partition coefficient (Wildman–Crippen LogP) is 3.06. The SMILES string of the molecule is CN(c1ncnc2[nH]ccc12)[C@@H]1CCCN(Cc2ccccc2)C1. The molecule has 0 radical (unpaired) electrons. The number of nitrogens with one attached hydrogen (secondary N) is 1. The van der Waals surface area contributed by atoms with E-state index in [4.69, 9.17) is 0 Å². The van der Waals surface area contributed by atoms with Gasteiger partial charge in [-0.3, -0.25) is 4.90 Å². The molecule has 24 heavy (non-hydrogen) atoms. The van der Waals surface area contributed by atoms with Gasteiger partial charge in [0.2, 0.25) is 0 Å². The van der Waals surface area contributed by atoms with Crippen molar-refractivity contribution in [3.63, 3.8) is 0 Å². The van der Waals surface area contributed by atoms with Gasteiger partial charge in [-0.2, -0.15) is 0 Å². The average Bonchev–Trinajstić information content (AvgIpc) is 3.11. The molecule has 0 spiro atoms. The van der Waals surface area contributed by atoms with Gasteiger partial charge in [0.05, 0.1) is 5.39 Å². The molecular weight excluding hydrogens is 298 g/mol. The van der Waals surface area contributed by atoms with Crippen LogP contribution in [0.4, 0.5) is 5.82 Å². The van der Waals surface area contributed by atoms with E-state index in [1.54, 1.807) is 6.33 Å². The van der Waals surface area contributed by atoms with Crippen LogP contribution in [0, 0.1) is 0 Å². The smallest absolute Gasteiger partial charge is 0.142 e. The predicted molar refractivity (Wildman–Crippen MR) is 97.0 cm³/mol. The van der Waals surface area contributed by atoms with E-state index < -0.39 is 0 Å². The molecule has 1 atom stereocenters. The third-order valence-corrected chi connectivity index (χ3v) is 4.94. The van der Waals surface area contributed by atoms with Gasteiger partial charge in [0.1, 0.15) is 17.8 Å². The normalized spacial score (nSPS) is 18.8. The van der Waals surface area contributed by atoms with Gasteiger partial charge >= 0.3 is 0 Å². The van der Waals surface area contributed by atoms with Gasteiger partial charge < -0.3 is 9.88 Å². The minimum atomic E-state index is 0.482. The fraction of sp³-hybridized carbons (Fsp3) is 0.368. The van der Waals surface area contributed by atoms with Gasteiger partial charge in [0.15, 0.2) is 0 Å². The molecule has 4 rings (SSSR count). The second-order valence-electron chi connectivity index (χ2n) is 6.56. The lowest BCUT2D eigenvalue weighted by atomic mass is 10.0. The van der Waals surface area contributed by atoms with E-state index in [0.717, 1.165) is 29.9 Å². The Morgan fingerprint density at radius 1 is 1.21 bits per heavy atom. The number of fused-ring (bicyclic) bond motifs is 1. The van der Waals surface area contributed by atoms with Crippen molar-refractivity contribution in [2.75, 3.05) is 25.0 Å². The first-order chi connectivity index (χ1) is 11.8. The van der Waals surface area contributed by atoms with Crippen LogP contribution in [0.5, 0.6) is 0 Å². The second-order valence-corrected chi connectivity index (χ2v) is 6.56. The van der Waals surface area contributed by atoms with Crippen molar-refractivity contribution < 1.29 is 0 Å². The number of rotatable bonds is 4. The summed E-state index contributed by atoms with van der Waals surface area (Å²) in [6.45, 7) is 3.26. The summed E-state index contributed by atoms with van der Waals surface area (Å²) in [5.74, 6) is 1.02. The highest BCUT2D eigenvalue weighted by Gasteiger charge is 2.25. The van der Waals surface area contributed by atoms with Crippen LogP contribution < -0.4 is 4.90 Å². The number of aromatic nitrogens is 3. The number of piperidine rings is 1. The van der Waals surface area contributed by atoms with Gasteiger partial charge in [-0.25, -0.2) is 9.97 Å². The maximum Gasteiger partial charge on any atom is 0.142 e. The topological polar surface area (TPSA) is 48.1 Å². The van der Waals surface area contributed by atoms with Crippen LogP contribution >= 0.6 is 0 Å². The molecule has 0 unspecified atom stereocenters. The lowest BCUT2D eigenvalue weighted by molar-refractivity contribution is 0.198. The van der Waals surface area contributed by atoms with E-state index in [-0.39, 0.29) is 0 Å². The number of H-pyrrole nitrogens is 1. The van der Waals surface area contributed by atoms with Gasteiger partial charge in [0, 0.05) is 32.4 Å². The summed E-state index contributed by atoms with van der Waals surface area (Å²) >= 11 is 0. The Morgan fingerprint density at radius 3 is 2.96 bits per heavy atom. The maximum atomic E-state index is 4.54. The number of aromatic amines is 1. The molecule has 0 saturated carbocycles. The molecule has 3 heterocycles. The Hall–Kier alpha value is -2.40. The van der Waals surface area contributed by atoms with Crippen molar-refractivity contribution in [3.05, 3.63) is 54.5 Å². The molecule has 0 bridgehead atoms. The minimum absolute atomic E-state index is 0.482. The first-order valence-corrected chi connectivity index (χ1v) is 8.58. The van der Waals surface area contributed by atoms with E-state index in [1.807, 2.05) is 6.20 Å². The van der Waals surface area contributed by atoms with Crippen LogP contribution in [0.15, 0.2) is 48.9 Å². The summed E-state index contributed by atoms with van der Waals surface area (Å²) in [6, 6.07) is 13.3. The Labute approximate surface area is 142 Å². The number of benzene rings is 1. The lowest BCUT2D eigenvalue weighted by Crippen LogP contribution is -2.46. The summed E-state index contributed by atoms with van der Waals surface area (Å²) < 4.78 is 0. The highest BCUT2D eigenvalue weighted by Crippen LogP contribution is 2.26. The van der Waals surface area contributed by atoms with Crippen molar-refractivity contribution >= 4 is 16.9 Å². The van der Waals surface area contributed by atoms with Gasteiger partial charge in [-0.05, 0) is 31.0 Å². The third kappa shape index (κ3) is 2.99. The molecule has 0 aliphatic carbocycles. The Kier molecular flexibility index (Phi) is 4.17.